The number of ketones is 1. The quantitative estimate of drug-likeness (QED) is 0.858. The van der Waals surface area contributed by atoms with E-state index in [1.54, 1.807) is 6.92 Å². The largest absolute Gasteiger partial charge is 0.397 e. The summed E-state index contributed by atoms with van der Waals surface area (Å²) >= 11 is 3.34. The lowest BCUT2D eigenvalue weighted by Crippen LogP contribution is -2.28. The molecule has 18 heavy (non-hydrogen) atoms. The lowest BCUT2D eigenvalue weighted by Gasteiger charge is -2.27. The summed E-state index contributed by atoms with van der Waals surface area (Å²) in [7, 11) is 0. The first-order valence-corrected chi connectivity index (χ1v) is 7.55. The van der Waals surface area contributed by atoms with E-state index in [0.717, 1.165) is 24.5 Å². The van der Waals surface area contributed by atoms with E-state index in [9.17, 15) is 4.79 Å². The van der Waals surface area contributed by atoms with E-state index in [0.29, 0.717) is 10.6 Å². The molecule has 0 aromatic carbocycles. The van der Waals surface area contributed by atoms with Gasteiger partial charge in [-0.1, -0.05) is 0 Å². The van der Waals surface area contributed by atoms with Crippen LogP contribution in [0.5, 0.6) is 0 Å². The van der Waals surface area contributed by atoms with Crippen molar-refractivity contribution in [2.75, 3.05) is 17.2 Å². The molecule has 0 unspecified atom stereocenters. The molecule has 0 saturated heterocycles. The molecule has 2 N–H and O–H groups in total. The molecular weight excluding hydrogens is 264 g/mol. The number of anilines is 2. The maximum Gasteiger partial charge on any atom is 0.171 e. The van der Waals surface area contributed by atoms with Gasteiger partial charge in [-0.3, -0.25) is 4.79 Å². The second-order valence-corrected chi connectivity index (χ2v) is 6.50. The molecule has 2 aromatic rings. The van der Waals surface area contributed by atoms with Crippen molar-refractivity contribution in [1.82, 2.24) is 0 Å². The Labute approximate surface area is 114 Å². The molecule has 0 atom stereocenters. The van der Waals surface area contributed by atoms with Crippen LogP contribution in [0.25, 0.3) is 0 Å². The second-order valence-electron chi connectivity index (χ2n) is 4.47. The zero-order valence-electron chi connectivity index (χ0n) is 10.1. The number of hydrogen-bond donors (Lipinski definition) is 1. The van der Waals surface area contributed by atoms with Gasteiger partial charge in [0.2, 0.25) is 0 Å². The van der Waals surface area contributed by atoms with Gasteiger partial charge in [0, 0.05) is 24.9 Å². The SMILES string of the molecule is CC(=O)c1sc(N2CCc3sccc3C2)cc1N. The first kappa shape index (κ1) is 11.7. The van der Waals surface area contributed by atoms with Gasteiger partial charge < -0.3 is 10.6 Å². The summed E-state index contributed by atoms with van der Waals surface area (Å²) in [4.78, 5) is 15.9. The average Bonchev–Trinajstić information content (AvgIpc) is 2.93. The van der Waals surface area contributed by atoms with Crippen LogP contribution < -0.4 is 10.6 Å². The van der Waals surface area contributed by atoms with Crippen molar-refractivity contribution < 1.29 is 4.79 Å². The highest BCUT2D eigenvalue weighted by atomic mass is 32.1. The molecule has 0 radical (unpaired) electrons. The summed E-state index contributed by atoms with van der Waals surface area (Å²) < 4.78 is 0. The van der Waals surface area contributed by atoms with Crippen molar-refractivity contribution in [2.24, 2.45) is 0 Å². The summed E-state index contributed by atoms with van der Waals surface area (Å²) in [6.07, 6.45) is 1.08. The van der Waals surface area contributed by atoms with Crippen LogP contribution in [0, 0.1) is 0 Å². The third-order valence-electron chi connectivity index (χ3n) is 3.19. The van der Waals surface area contributed by atoms with Crippen LogP contribution in [0.3, 0.4) is 0 Å². The Morgan fingerprint density at radius 3 is 3.06 bits per heavy atom. The molecule has 0 fully saturated rings. The van der Waals surface area contributed by atoms with Gasteiger partial charge in [0.05, 0.1) is 15.6 Å². The molecule has 0 amide bonds. The highest BCUT2D eigenvalue weighted by Gasteiger charge is 2.20. The molecule has 1 aliphatic heterocycles. The van der Waals surface area contributed by atoms with Crippen LogP contribution in [0.2, 0.25) is 0 Å². The number of fused-ring (bicyclic) bond motifs is 1. The Kier molecular flexibility index (Phi) is 2.87. The van der Waals surface area contributed by atoms with Crippen molar-refractivity contribution in [3.05, 3.63) is 32.8 Å². The number of hydrogen-bond acceptors (Lipinski definition) is 5. The van der Waals surface area contributed by atoms with Crippen LogP contribution in [0.1, 0.15) is 27.0 Å². The van der Waals surface area contributed by atoms with Crippen LogP contribution in [0.15, 0.2) is 17.5 Å². The van der Waals surface area contributed by atoms with Gasteiger partial charge >= 0.3 is 0 Å². The van der Waals surface area contributed by atoms with Gasteiger partial charge in [-0.2, -0.15) is 0 Å². The summed E-state index contributed by atoms with van der Waals surface area (Å²) in [5.41, 5.74) is 7.90. The molecule has 0 aliphatic carbocycles. The van der Waals surface area contributed by atoms with Crippen molar-refractivity contribution in [1.29, 1.82) is 0 Å². The number of nitrogens with two attached hydrogens (primary N) is 1. The van der Waals surface area contributed by atoms with Crippen LogP contribution in [-0.2, 0) is 13.0 Å². The Morgan fingerprint density at radius 2 is 2.33 bits per heavy atom. The van der Waals surface area contributed by atoms with Gasteiger partial charge in [-0.25, -0.2) is 0 Å². The Morgan fingerprint density at radius 1 is 1.50 bits per heavy atom. The van der Waals surface area contributed by atoms with E-state index in [1.165, 1.54) is 21.8 Å². The summed E-state index contributed by atoms with van der Waals surface area (Å²) in [5.74, 6) is 0.0528. The number of thiophene rings is 2. The number of nitrogen functional groups attached to an aromatic ring is 1. The predicted octanol–water partition coefficient (Wildman–Crippen LogP) is 3.16. The summed E-state index contributed by atoms with van der Waals surface area (Å²) in [6.45, 7) is 3.50. The normalized spacial score (nSPS) is 14.6. The minimum absolute atomic E-state index is 0.0528. The van der Waals surface area contributed by atoms with Crippen molar-refractivity contribution >= 4 is 39.1 Å². The van der Waals surface area contributed by atoms with Gasteiger partial charge in [-0.05, 0) is 29.5 Å². The fraction of sp³-hybridized carbons (Fsp3) is 0.308. The van der Waals surface area contributed by atoms with Crippen molar-refractivity contribution in [3.63, 3.8) is 0 Å². The zero-order valence-corrected chi connectivity index (χ0v) is 11.7. The molecule has 0 spiro atoms. The fourth-order valence-electron chi connectivity index (χ4n) is 2.26. The van der Waals surface area contributed by atoms with E-state index in [2.05, 4.69) is 16.3 Å². The second kappa shape index (κ2) is 4.40. The van der Waals surface area contributed by atoms with Gasteiger partial charge in [0.25, 0.3) is 0 Å². The van der Waals surface area contributed by atoms with E-state index in [4.69, 9.17) is 5.73 Å². The molecular formula is C13H14N2OS2. The minimum Gasteiger partial charge on any atom is -0.397 e. The van der Waals surface area contributed by atoms with Gasteiger partial charge in [0.1, 0.15) is 0 Å². The number of carbonyl (C=O) groups is 1. The van der Waals surface area contributed by atoms with E-state index >= 15 is 0 Å². The van der Waals surface area contributed by atoms with Crippen LogP contribution >= 0.6 is 22.7 Å². The molecule has 2 aromatic heterocycles. The fourth-order valence-corrected chi connectivity index (χ4v) is 4.15. The first-order chi connectivity index (χ1) is 8.65. The van der Waals surface area contributed by atoms with E-state index < -0.39 is 0 Å². The molecule has 1 aliphatic rings. The van der Waals surface area contributed by atoms with Crippen molar-refractivity contribution in [3.8, 4) is 0 Å². The van der Waals surface area contributed by atoms with Crippen molar-refractivity contribution in [2.45, 2.75) is 19.9 Å². The highest BCUT2D eigenvalue weighted by Crippen LogP contribution is 2.35. The smallest absolute Gasteiger partial charge is 0.171 e. The van der Waals surface area contributed by atoms with E-state index in [-0.39, 0.29) is 5.78 Å². The molecule has 0 bridgehead atoms. The molecule has 3 heterocycles. The molecule has 3 nitrogen and oxygen atoms in total. The minimum atomic E-state index is 0.0528. The maximum atomic E-state index is 11.4. The molecule has 94 valence electrons. The third kappa shape index (κ3) is 1.93. The lowest BCUT2D eigenvalue weighted by atomic mass is 10.1. The summed E-state index contributed by atoms with van der Waals surface area (Å²) in [6, 6.07) is 4.12. The van der Waals surface area contributed by atoms with Crippen LogP contribution in [-0.4, -0.2) is 12.3 Å². The lowest BCUT2D eigenvalue weighted by molar-refractivity contribution is 0.102. The molecule has 3 rings (SSSR count). The molecule has 5 heteroatoms. The van der Waals surface area contributed by atoms with E-state index in [1.807, 2.05) is 17.4 Å². The van der Waals surface area contributed by atoms with Gasteiger partial charge in [0.15, 0.2) is 5.78 Å². The number of carbonyl (C=O) groups excluding carboxylic acids is 1. The number of rotatable bonds is 2. The number of Topliss-reactive ketones (excluding diaryl/α,β-unsaturated/α-hetero) is 1. The first-order valence-electron chi connectivity index (χ1n) is 5.85. The summed E-state index contributed by atoms with van der Waals surface area (Å²) in [5, 5.41) is 3.26. The predicted molar refractivity (Wildman–Crippen MR) is 77.8 cm³/mol. The zero-order chi connectivity index (χ0) is 12.7. The third-order valence-corrected chi connectivity index (χ3v) is 5.52. The molecule has 0 saturated carbocycles. The Hall–Kier alpha value is -1.33. The topological polar surface area (TPSA) is 46.3 Å². The standard InChI is InChI=1S/C13H14N2OS2/c1-8(16)13-10(14)6-12(18-13)15-4-2-11-9(7-15)3-5-17-11/h3,5-6H,2,4,7,14H2,1H3. The average molecular weight is 278 g/mol. The Balaban J connectivity index is 1.89. The maximum absolute atomic E-state index is 11.4. The van der Waals surface area contributed by atoms with Crippen LogP contribution in [0.4, 0.5) is 10.7 Å². The monoisotopic (exact) mass is 278 g/mol. The Bertz CT molecular complexity index is 600. The highest BCUT2D eigenvalue weighted by molar-refractivity contribution is 7.18. The number of nitrogens with zero attached hydrogens (tertiary/aromatic N) is 1. The van der Waals surface area contributed by atoms with Gasteiger partial charge in [-0.15, -0.1) is 22.7 Å².